The molecule has 202 valence electrons. The Morgan fingerprint density at radius 1 is 0.975 bits per heavy atom. The third-order valence-electron chi connectivity index (χ3n) is 7.23. The molecule has 6 rings (SSSR count). The second-order valence-electron chi connectivity index (χ2n) is 9.94. The van der Waals surface area contributed by atoms with Gasteiger partial charge in [0.15, 0.2) is 4.32 Å². The van der Waals surface area contributed by atoms with Crippen molar-refractivity contribution in [1.29, 1.82) is 0 Å². The van der Waals surface area contributed by atoms with Crippen LogP contribution in [0, 0.1) is 0 Å². The zero-order valence-corrected chi connectivity index (χ0v) is 23.6. The van der Waals surface area contributed by atoms with E-state index in [1.165, 1.54) is 36.0 Å². The minimum absolute atomic E-state index is 0.212. The molecular weight excluding hydrogens is 539 g/mol. The molecule has 40 heavy (non-hydrogen) atoms. The molecule has 2 fully saturated rings. The van der Waals surface area contributed by atoms with Crippen LogP contribution >= 0.6 is 24.0 Å². The number of aromatic nitrogens is 2. The number of hydrazine groups is 1. The molecule has 0 spiro atoms. The van der Waals surface area contributed by atoms with Crippen molar-refractivity contribution in [2.75, 3.05) is 19.6 Å². The molecular formula is C31H29N5O2S2. The Morgan fingerprint density at radius 2 is 1.73 bits per heavy atom. The van der Waals surface area contributed by atoms with E-state index in [0.717, 1.165) is 46.4 Å². The molecule has 1 aromatic heterocycles. The molecule has 4 aromatic rings. The molecule has 2 amide bonds. The van der Waals surface area contributed by atoms with Crippen LogP contribution in [0.3, 0.4) is 0 Å². The molecule has 3 heterocycles. The molecule has 0 unspecified atom stereocenters. The highest BCUT2D eigenvalue weighted by molar-refractivity contribution is 8.26. The van der Waals surface area contributed by atoms with Crippen molar-refractivity contribution in [3.8, 4) is 16.9 Å². The van der Waals surface area contributed by atoms with E-state index in [1.807, 2.05) is 71.6 Å². The number of thiocarbonyl (C=S) groups is 1. The number of carbonyl (C=O) groups is 2. The monoisotopic (exact) mass is 567 g/mol. The van der Waals surface area contributed by atoms with E-state index in [0.29, 0.717) is 22.2 Å². The molecule has 0 aliphatic carbocycles. The van der Waals surface area contributed by atoms with Crippen LogP contribution in [-0.2, 0) is 9.59 Å². The Kier molecular flexibility index (Phi) is 7.77. The van der Waals surface area contributed by atoms with Crippen LogP contribution in [0.15, 0.2) is 83.9 Å². The fraction of sp³-hybridized carbons (Fsp3) is 0.226. The molecule has 0 saturated carbocycles. The number of hydrogen-bond donors (Lipinski definition) is 1. The average molecular weight is 568 g/mol. The second kappa shape index (κ2) is 11.8. The van der Waals surface area contributed by atoms with Gasteiger partial charge in [0.25, 0.3) is 5.91 Å². The summed E-state index contributed by atoms with van der Waals surface area (Å²) in [5, 5.41) is 8.34. The second-order valence-corrected chi connectivity index (χ2v) is 11.6. The number of fused-ring (bicyclic) bond motifs is 1. The van der Waals surface area contributed by atoms with Gasteiger partial charge in [0.05, 0.1) is 10.6 Å². The quantitative estimate of drug-likeness (QED) is 0.225. The van der Waals surface area contributed by atoms with Gasteiger partial charge in [-0.25, -0.2) is 4.68 Å². The maximum Gasteiger partial charge on any atom is 0.285 e. The number of carbonyl (C=O) groups excluding carboxylic acids is 2. The molecule has 7 nitrogen and oxygen atoms in total. The van der Waals surface area contributed by atoms with E-state index in [9.17, 15) is 9.59 Å². The van der Waals surface area contributed by atoms with Crippen molar-refractivity contribution >= 4 is 57.0 Å². The number of nitrogens with zero attached hydrogens (tertiary/aromatic N) is 4. The lowest BCUT2D eigenvalue weighted by Crippen LogP contribution is -2.46. The fourth-order valence-electron chi connectivity index (χ4n) is 5.18. The number of nitrogens with one attached hydrogen (secondary N) is 1. The van der Waals surface area contributed by atoms with Gasteiger partial charge in [-0.15, -0.1) is 0 Å². The lowest BCUT2D eigenvalue weighted by molar-refractivity contribution is -0.133. The Labute approximate surface area is 242 Å². The number of likely N-dealkylation sites (tertiary alicyclic amines) is 1. The Bertz CT molecular complexity index is 1600. The molecule has 2 aliphatic heterocycles. The number of benzene rings is 3. The first-order chi connectivity index (χ1) is 19.6. The third kappa shape index (κ3) is 5.58. The highest BCUT2D eigenvalue weighted by Crippen LogP contribution is 2.36. The maximum absolute atomic E-state index is 13.4. The zero-order chi connectivity index (χ0) is 27.5. The molecule has 3 aromatic carbocycles. The summed E-state index contributed by atoms with van der Waals surface area (Å²) < 4.78 is 2.14. The fourth-order valence-corrected chi connectivity index (χ4v) is 6.35. The van der Waals surface area contributed by atoms with Crippen LogP contribution in [0.2, 0.25) is 0 Å². The third-order valence-corrected chi connectivity index (χ3v) is 8.53. The molecule has 0 bridgehead atoms. The minimum atomic E-state index is -0.336. The van der Waals surface area contributed by atoms with E-state index >= 15 is 0 Å². The van der Waals surface area contributed by atoms with Crippen molar-refractivity contribution < 1.29 is 9.59 Å². The van der Waals surface area contributed by atoms with Gasteiger partial charge in [0, 0.05) is 30.3 Å². The Balaban J connectivity index is 1.29. The SMILES string of the molecule is O=C(CCN1CCCCC1)NN1C(=O)C(=Cc2cn(-c3ccccc3)nc2-c2cccc3ccccc23)SC1=S. The predicted octanol–water partition coefficient (Wildman–Crippen LogP) is 5.80. The topological polar surface area (TPSA) is 70.5 Å². The van der Waals surface area contributed by atoms with Crippen LogP contribution < -0.4 is 5.43 Å². The normalized spacial score (nSPS) is 17.2. The van der Waals surface area contributed by atoms with E-state index in [4.69, 9.17) is 17.3 Å². The summed E-state index contributed by atoms with van der Waals surface area (Å²) in [6.07, 6.45) is 7.66. The van der Waals surface area contributed by atoms with Crippen molar-refractivity contribution in [3.63, 3.8) is 0 Å². The lowest BCUT2D eigenvalue weighted by Gasteiger charge is -2.26. The van der Waals surface area contributed by atoms with Gasteiger partial charge in [-0.1, -0.05) is 78.8 Å². The first-order valence-corrected chi connectivity index (χ1v) is 14.7. The maximum atomic E-state index is 13.4. The summed E-state index contributed by atoms with van der Waals surface area (Å²) in [5.41, 5.74) is 6.17. The number of para-hydroxylation sites is 1. The smallest absolute Gasteiger partial charge is 0.285 e. The molecule has 9 heteroatoms. The van der Waals surface area contributed by atoms with Gasteiger partial charge < -0.3 is 4.90 Å². The molecule has 2 aliphatic rings. The van der Waals surface area contributed by atoms with Crippen LogP contribution in [0.5, 0.6) is 0 Å². The van der Waals surface area contributed by atoms with E-state index in [-0.39, 0.29) is 11.8 Å². The molecule has 2 saturated heterocycles. The van der Waals surface area contributed by atoms with Crippen LogP contribution in [0.4, 0.5) is 0 Å². The first-order valence-electron chi connectivity index (χ1n) is 13.5. The number of piperidine rings is 1. The van der Waals surface area contributed by atoms with E-state index < -0.39 is 0 Å². The summed E-state index contributed by atoms with van der Waals surface area (Å²) in [6.45, 7) is 2.73. The van der Waals surface area contributed by atoms with E-state index in [1.54, 1.807) is 0 Å². The lowest BCUT2D eigenvalue weighted by atomic mass is 10.00. The average Bonchev–Trinajstić information content (AvgIpc) is 3.53. The summed E-state index contributed by atoms with van der Waals surface area (Å²) in [7, 11) is 0. The van der Waals surface area contributed by atoms with Crippen molar-refractivity contribution in [2.24, 2.45) is 0 Å². The van der Waals surface area contributed by atoms with Crippen molar-refractivity contribution in [2.45, 2.75) is 25.7 Å². The van der Waals surface area contributed by atoms with Crippen LogP contribution in [0.25, 0.3) is 33.8 Å². The summed E-state index contributed by atoms with van der Waals surface area (Å²) in [6, 6.07) is 24.2. The van der Waals surface area contributed by atoms with Gasteiger partial charge in [-0.05, 0) is 67.1 Å². The number of thioether (sulfide) groups is 1. The Hall–Kier alpha value is -3.79. The van der Waals surface area contributed by atoms with Crippen molar-refractivity contribution in [3.05, 3.63) is 89.5 Å². The van der Waals surface area contributed by atoms with Crippen LogP contribution in [0.1, 0.15) is 31.2 Å². The zero-order valence-electron chi connectivity index (χ0n) is 22.0. The van der Waals surface area contributed by atoms with Crippen molar-refractivity contribution in [1.82, 2.24) is 25.1 Å². The summed E-state index contributed by atoms with van der Waals surface area (Å²) in [5.74, 6) is -0.547. The molecule has 0 radical (unpaired) electrons. The van der Waals surface area contributed by atoms with Gasteiger partial charge in [0.2, 0.25) is 5.91 Å². The van der Waals surface area contributed by atoms with Gasteiger partial charge in [-0.2, -0.15) is 10.1 Å². The number of amides is 2. The standard InChI is InChI=1S/C31H29N5O2S2/c37-28(16-19-34-17-7-2-8-18-34)32-36-30(38)27(40-31(36)39)20-23-21-35(24-12-3-1-4-13-24)33-29(23)26-15-9-11-22-10-5-6-14-25(22)26/h1,3-6,9-15,20-21H,2,7-8,16-19H2,(H,32,37). The largest absolute Gasteiger partial charge is 0.303 e. The molecule has 0 atom stereocenters. The highest BCUT2D eigenvalue weighted by Gasteiger charge is 2.34. The summed E-state index contributed by atoms with van der Waals surface area (Å²) in [4.78, 5) is 28.8. The van der Waals surface area contributed by atoms with Crippen LogP contribution in [-0.4, -0.2) is 55.5 Å². The highest BCUT2D eigenvalue weighted by atomic mass is 32.2. The molecule has 1 N–H and O–H groups in total. The van der Waals surface area contributed by atoms with Gasteiger partial charge in [-0.3, -0.25) is 15.0 Å². The number of rotatable bonds is 7. The van der Waals surface area contributed by atoms with Gasteiger partial charge in [0.1, 0.15) is 5.69 Å². The van der Waals surface area contributed by atoms with E-state index in [2.05, 4.69) is 28.5 Å². The predicted molar refractivity (Wildman–Crippen MR) is 165 cm³/mol. The number of hydrogen-bond acceptors (Lipinski definition) is 6. The Morgan fingerprint density at radius 3 is 2.55 bits per heavy atom. The first kappa shape index (κ1) is 26.4. The minimum Gasteiger partial charge on any atom is -0.303 e. The van der Waals surface area contributed by atoms with Gasteiger partial charge >= 0.3 is 0 Å². The summed E-state index contributed by atoms with van der Waals surface area (Å²) >= 11 is 6.68.